The van der Waals surface area contributed by atoms with Crippen LogP contribution in [0.15, 0.2) is 4.99 Å². The number of guanidine groups is 1. The summed E-state index contributed by atoms with van der Waals surface area (Å²) in [5.41, 5.74) is 0. The van der Waals surface area contributed by atoms with Gasteiger partial charge in [-0.25, -0.2) is 0 Å². The van der Waals surface area contributed by atoms with Gasteiger partial charge in [-0.2, -0.15) is 0 Å². The lowest BCUT2D eigenvalue weighted by Gasteiger charge is -2.22. The van der Waals surface area contributed by atoms with E-state index in [1.165, 1.54) is 38.8 Å². The van der Waals surface area contributed by atoms with E-state index in [0.29, 0.717) is 6.54 Å². The molecule has 1 saturated heterocycles. The summed E-state index contributed by atoms with van der Waals surface area (Å²) >= 11 is 0. The van der Waals surface area contributed by atoms with E-state index in [2.05, 4.69) is 17.1 Å². The van der Waals surface area contributed by atoms with Crippen LogP contribution in [0, 0.1) is 17.8 Å². The van der Waals surface area contributed by atoms with E-state index in [-0.39, 0.29) is 36.5 Å². The smallest absolute Gasteiger partial charge is 0.193 e. The Morgan fingerprint density at radius 1 is 1.30 bits per heavy atom. The number of hydrogen-bond donors (Lipinski definition) is 2. The summed E-state index contributed by atoms with van der Waals surface area (Å²) in [6.45, 7) is 8.34. The van der Waals surface area contributed by atoms with Crippen LogP contribution in [0.3, 0.4) is 0 Å². The fourth-order valence-electron chi connectivity index (χ4n) is 3.30. The molecule has 0 aromatic rings. The van der Waals surface area contributed by atoms with E-state index >= 15 is 0 Å². The molecule has 1 aliphatic carbocycles. The SMILES string of the molecule is CCNC(=NCC(C)CO)N1CC2CCCCC2C1.I. The Bertz CT molecular complexity index is 297. The molecule has 2 fully saturated rings. The molecule has 1 aliphatic heterocycles. The van der Waals surface area contributed by atoms with Crippen molar-refractivity contribution in [2.24, 2.45) is 22.7 Å². The molecule has 0 aromatic carbocycles. The van der Waals surface area contributed by atoms with Gasteiger partial charge in [-0.3, -0.25) is 4.99 Å². The molecule has 0 radical (unpaired) electrons. The molecular weight excluding hydrogens is 365 g/mol. The number of aliphatic hydroxyl groups is 1. The van der Waals surface area contributed by atoms with Crippen LogP contribution in [0.4, 0.5) is 0 Å². The predicted octanol–water partition coefficient (Wildman–Crippen LogP) is 2.32. The molecule has 0 spiro atoms. The second kappa shape index (κ2) is 9.07. The van der Waals surface area contributed by atoms with Gasteiger partial charge in [0.05, 0.1) is 0 Å². The quantitative estimate of drug-likeness (QED) is 0.437. The first-order chi connectivity index (χ1) is 9.24. The van der Waals surface area contributed by atoms with Crippen LogP contribution in [0.25, 0.3) is 0 Å². The molecular formula is C15H30IN3O. The van der Waals surface area contributed by atoms with Gasteiger partial charge in [0, 0.05) is 32.8 Å². The van der Waals surface area contributed by atoms with Crippen molar-refractivity contribution in [2.45, 2.75) is 39.5 Å². The Hall–Kier alpha value is -0.0400. The van der Waals surface area contributed by atoms with Crippen molar-refractivity contribution in [1.82, 2.24) is 10.2 Å². The zero-order chi connectivity index (χ0) is 13.7. The van der Waals surface area contributed by atoms with Crippen LogP contribution in [0.2, 0.25) is 0 Å². The molecule has 1 heterocycles. The summed E-state index contributed by atoms with van der Waals surface area (Å²) in [5, 5.41) is 12.5. The van der Waals surface area contributed by atoms with Gasteiger partial charge in [-0.05, 0) is 37.5 Å². The first-order valence-corrected chi connectivity index (χ1v) is 7.88. The van der Waals surface area contributed by atoms with Crippen LogP contribution in [-0.4, -0.2) is 48.8 Å². The molecule has 3 atom stereocenters. The van der Waals surface area contributed by atoms with E-state index in [1.54, 1.807) is 0 Å². The molecule has 0 amide bonds. The van der Waals surface area contributed by atoms with E-state index < -0.39 is 0 Å². The van der Waals surface area contributed by atoms with Crippen molar-refractivity contribution in [3.05, 3.63) is 0 Å². The highest BCUT2D eigenvalue weighted by atomic mass is 127. The average molecular weight is 395 g/mol. The first-order valence-electron chi connectivity index (χ1n) is 7.88. The Morgan fingerprint density at radius 3 is 2.40 bits per heavy atom. The largest absolute Gasteiger partial charge is 0.396 e. The van der Waals surface area contributed by atoms with Crippen molar-refractivity contribution in [1.29, 1.82) is 0 Å². The molecule has 118 valence electrons. The Kier molecular flexibility index (Phi) is 8.17. The number of nitrogens with one attached hydrogen (secondary N) is 1. The molecule has 0 bridgehead atoms. The highest BCUT2D eigenvalue weighted by molar-refractivity contribution is 14.0. The average Bonchev–Trinajstić information content (AvgIpc) is 2.86. The van der Waals surface area contributed by atoms with E-state index in [9.17, 15) is 0 Å². The monoisotopic (exact) mass is 395 g/mol. The summed E-state index contributed by atoms with van der Waals surface area (Å²) in [6, 6.07) is 0. The normalized spacial score (nSPS) is 27.8. The molecule has 2 N–H and O–H groups in total. The second-order valence-electron chi connectivity index (χ2n) is 6.19. The Morgan fingerprint density at radius 2 is 1.90 bits per heavy atom. The van der Waals surface area contributed by atoms with Gasteiger partial charge < -0.3 is 15.3 Å². The number of halogens is 1. The van der Waals surface area contributed by atoms with Crippen molar-refractivity contribution in [2.75, 3.05) is 32.8 Å². The number of aliphatic imine (C=N–C) groups is 1. The fourth-order valence-corrected chi connectivity index (χ4v) is 3.30. The van der Waals surface area contributed by atoms with Gasteiger partial charge in [0.2, 0.25) is 0 Å². The summed E-state index contributed by atoms with van der Waals surface area (Å²) in [7, 11) is 0. The molecule has 2 aliphatic rings. The fraction of sp³-hybridized carbons (Fsp3) is 0.933. The standard InChI is InChI=1S/C15H29N3O.HI/c1-3-16-15(17-8-12(2)11-19)18-9-13-6-4-5-7-14(13)10-18;/h12-14,19H,3-11H2,1-2H3,(H,16,17);1H. The van der Waals surface area contributed by atoms with Crippen LogP contribution >= 0.6 is 24.0 Å². The minimum absolute atomic E-state index is 0. The van der Waals surface area contributed by atoms with Crippen LogP contribution in [0.1, 0.15) is 39.5 Å². The van der Waals surface area contributed by atoms with Crippen LogP contribution in [-0.2, 0) is 0 Å². The van der Waals surface area contributed by atoms with Gasteiger partial charge in [-0.1, -0.05) is 19.8 Å². The maximum absolute atomic E-state index is 9.11. The molecule has 2 rings (SSSR count). The number of nitrogens with zero attached hydrogens (tertiary/aromatic N) is 2. The van der Waals surface area contributed by atoms with Crippen LogP contribution in [0.5, 0.6) is 0 Å². The second-order valence-corrected chi connectivity index (χ2v) is 6.19. The van der Waals surface area contributed by atoms with Crippen molar-refractivity contribution < 1.29 is 5.11 Å². The highest BCUT2D eigenvalue weighted by Gasteiger charge is 2.35. The van der Waals surface area contributed by atoms with Crippen molar-refractivity contribution >= 4 is 29.9 Å². The topological polar surface area (TPSA) is 47.9 Å². The van der Waals surface area contributed by atoms with E-state index in [4.69, 9.17) is 10.1 Å². The number of rotatable bonds is 4. The lowest BCUT2D eigenvalue weighted by molar-refractivity contribution is 0.241. The van der Waals surface area contributed by atoms with E-state index in [0.717, 1.165) is 24.3 Å². The van der Waals surface area contributed by atoms with Gasteiger partial charge in [-0.15, -0.1) is 24.0 Å². The van der Waals surface area contributed by atoms with Gasteiger partial charge >= 0.3 is 0 Å². The summed E-state index contributed by atoms with van der Waals surface area (Å²) in [4.78, 5) is 7.13. The molecule has 20 heavy (non-hydrogen) atoms. The number of likely N-dealkylation sites (tertiary alicyclic amines) is 1. The summed E-state index contributed by atoms with van der Waals surface area (Å²) in [6.07, 6.45) is 5.61. The maximum atomic E-state index is 9.11. The third-order valence-electron chi connectivity index (χ3n) is 4.48. The lowest BCUT2D eigenvalue weighted by atomic mass is 9.82. The summed E-state index contributed by atoms with van der Waals surface area (Å²) in [5.74, 6) is 3.07. The molecule has 1 saturated carbocycles. The Balaban J connectivity index is 0.00000200. The minimum atomic E-state index is 0. The van der Waals surface area contributed by atoms with Gasteiger partial charge in [0.15, 0.2) is 5.96 Å². The molecule has 5 heteroatoms. The van der Waals surface area contributed by atoms with Crippen LogP contribution < -0.4 is 5.32 Å². The minimum Gasteiger partial charge on any atom is -0.396 e. The lowest BCUT2D eigenvalue weighted by Crippen LogP contribution is -2.40. The maximum Gasteiger partial charge on any atom is 0.193 e. The Labute approximate surface area is 140 Å². The molecule has 0 aromatic heterocycles. The van der Waals surface area contributed by atoms with Crippen molar-refractivity contribution in [3.8, 4) is 0 Å². The highest BCUT2D eigenvalue weighted by Crippen LogP contribution is 2.35. The predicted molar refractivity (Wildman–Crippen MR) is 94.7 cm³/mol. The van der Waals surface area contributed by atoms with Gasteiger partial charge in [0.25, 0.3) is 0 Å². The van der Waals surface area contributed by atoms with Gasteiger partial charge in [0.1, 0.15) is 0 Å². The first kappa shape index (κ1) is 18.0. The number of aliphatic hydroxyl groups excluding tert-OH is 1. The third-order valence-corrected chi connectivity index (χ3v) is 4.48. The zero-order valence-electron chi connectivity index (χ0n) is 12.8. The third kappa shape index (κ3) is 4.76. The molecule has 3 unspecified atom stereocenters. The number of fused-ring (bicyclic) bond motifs is 1. The number of hydrogen-bond acceptors (Lipinski definition) is 2. The summed E-state index contributed by atoms with van der Waals surface area (Å²) < 4.78 is 0. The zero-order valence-corrected chi connectivity index (χ0v) is 15.2. The molecule has 4 nitrogen and oxygen atoms in total. The van der Waals surface area contributed by atoms with E-state index in [1.807, 2.05) is 6.92 Å². The van der Waals surface area contributed by atoms with Crippen molar-refractivity contribution in [3.63, 3.8) is 0 Å².